The Morgan fingerprint density at radius 1 is 0.690 bits per heavy atom. The van der Waals surface area contributed by atoms with E-state index in [0.717, 1.165) is 24.0 Å². The molecule has 3 aromatic carbocycles. The molecule has 0 aliphatic carbocycles. The number of hydroxylamine groups is 2. The summed E-state index contributed by atoms with van der Waals surface area (Å²) in [5.41, 5.74) is 3.35. The number of aryl methyl sites for hydroxylation is 1. The maximum atomic E-state index is 12.7. The van der Waals surface area contributed by atoms with Crippen molar-refractivity contribution in [1.29, 1.82) is 0 Å². The monoisotopic (exact) mass is 387 g/mol. The van der Waals surface area contributed by atoms with E-state index in [2.05, 4.69) is 12.1 Å². The first-order valence-electron chi connectivity index (χ1n) is 10.0. The molecule has 1 fully saturated rings. The van der Waals surface area contributed by atoms with Gasteiger partial charge in [-0.3, -0.25) is 9.63 Å². The minimum atomic E-state index is -0.463. The van der Waals surface area contributed by atoms with E-state index in [0.29, 0.717) is 13.2 Å². The lowest BCUT2D eigenvalue weighted by Crippen LogP contribution is -2.65. The number of carbonyl (C=O) groups excluding carboxylic acids is 1. The Bertz CT molecular complexity index is 846. The van der Waals surface area contributed by atoms with Crippen molar-refractivity contribution in [2.75, 3.05) is 0 Å². The zero-order chi connectivity index (χ0) is 19.9. The summed E-state index contributed by atoms with van der Waals surface area (Å²) < 4.78 is 5.99. The van der Waals surface area contributed by atoms with Gasteiger partial charge in [0.05, 0.1) is 12.6 Å². The fraction of sp³-hybridized carbons (Fsp3) is 0.240. The highest BCUT2D eigenvalue weighted by Crippen LogP contribution is 2.29. The van der Waals surface area contributed by atoms with Gasteiger partial charge < -0.3 is 4.74 Å². The number of carbonyl (C=O) groups is 1. The molecule has 1 heterocycles. The van der Waals surface area contributed by atoms with Gasteiger partial charge in [0.15, 0.2) is 6.10 Å². The van der Waals surface area contributed by atoms with Crippen LogP contribution in [0.2, 0.25) is 0 Å². The van der Waals surface area contributed by atoms with Gasteiger partial charge in [0.1, 0.15) is 6.61 Å². The molecule has 1 aliphatic heterocycles. The lowest BCUT2D eigenvalue weighted by atomic mass is 9.94. The summed E-state index contributed by atoms with van der Waals surface area (Å²) >= 11 is 0. The van der Waals surface area contributed by atoms with E-state index in [1.165, 1.54) is 10.6 Å². The van der Waals surface area contributed by atoms with Crippen LogP contribution < -0.4 is 0 Å². The molecular weight excluding hydrogens is 362 g/mol. The van der Waals surface area contributed by atoms with Gasteiger partial charge in [-0.25, -0.2) is 5.06 Å². The molecule has 0 N–H and O–H groups in total. The van der Waals surface area contributed by atoms with Crippen LogP contribution >= 0.6 is 0 Å². The predicted octanol–water partition coefficient (Wildman–Crippen LogP) is 4.55. The Morgan fingerprint density at radius 3 is 1.79 bits per heavy atom. The summed E-state index contributed by atoms with van der Waals surface area (Å²) in [6.45, 7) is 0.797. The number of hydrogen-bond acceptors (Lipinski definition) is 3. The van der Waals surface area contributed by atoms with Gasteiger partial charge in [-0.15, -0.1) is 0 Å². The molecule has 4 heteroatoms. The Kier molecular flexibility index (Phi) is 6.35. The van der Waals surface area contributed by atoms with Crippen molar-refractivity contribution in [2.24, 2.45) is 0 Å². The molecular formula is C25H25NO3. The third kappa shape index (κ3) is 4.91. The standard InChI is InChI=1S/C25H25NO3/c27-25-24(28-18-21-12-6-2-7-13-21)23(17-16-20-10-4-1-5-11-20)26(25)29-19-22-14-8-3-9-15-22/h1-15,23-24H,16-19H2/t23-,24+/m1/s1. The molecule has 148 valence electrons. The topological polar surface area (TPSA) is 38.8 Å². The van der Waals surface area contributed by atoms with Crippen LogP contribution in [0.1, 0.15) is 23.1 Å². The van der Waals surface area contributed by atoms with Gasteiger partial charge >= 0.3 is 0 Å². The summed E-state index contributed by atoms with van der Waals surface area (Å²) in [7, 11) is 0. The van der Waals surface area contributed by atoms with Crippen LogP contribution in [0.3, 0.4) is 0 Å². The van der Waals surface area contributed by atoms with Crippen molar-refractivity contribution < 1.29 is 14.4 Å². The lowest BCUT2D eigenvalue weighted by Gasteiger charge is -2.45. The fourth-order valence-electron chi connectivity index (χ4n) is 3.54. The molecule has 0 bridgehead atoms. The second-order valence-corrected chi connectivity index (χ2v) is 7.23. The van der Waals surface area contributed by atoms with E-state index in [1.807, 2.05) is 78.9 Å². The molecule has 4 nitrogen and oxygen atoms in total. The molecule has 2 atom stereocenters. The first-order valence-corrected chi connectivity index (χ1v) is 10.0. The van der Waals surface area contributed by atoms with E-state index < -0.39 is 6.10 Å². The van der Waals surface area contributed by atoms with Crippen molar-refractivity contribution in [1.82, 2.24) is 5.06 Å². The number of rotatable bonds is 9. The van der Waals surface area contributed by atoms with Crippen molar-refractivity contribution in [3.05, 3.63) is 108 Å². The lowest BCUT2D eigenvalue weighted by molar-refractivity contribution is -0.267. The number of ether oxygens (including phenoxy) is 1. The minimum absolute atomic E-state index is 0.0878. The van der Waals surface area contributed by atoms with Crippen molar-refractivity contribution in [2.45, 2.75) is 38.2 Å². The zero-order valence-corrected chi connectivity index (χ0v) is 16.3. The Balaban J connectivity index is 1.39. The maximum Gasteiger partial charge on any atom is 0.277 e. The first kappa shape index (κ1) is 19.4. The smallest absolute Gasteiger partial charge is 0.277 e. The predicted molar refractivity (Wildman–Crippen MR) is 112 cm³/mol. The van der Waals surface area contributed by atoms with E-state index in [9.17, 15) is 4.79 Å². The molecule has 0 spiro atoms. The average Bonchev–Trinajstić information content (AvgIpc) is 2.78. The van der Waals surface area contributed by atoms with Crippen LogP contribution in [0.25, 0.3) is 0 Å². The van der Waals surface area contributed by atoms with Crippen LogP contribution in [-0.4, -0.2) is 23.1 Å². The molecule has 29 heavy (non-hydrogen) atoms. The summed E-state index contributed by atoms with van der Waals surface area (Å²) in [4.78, 5) is 18.6. The van der Waals surface area contributed by atoms with Crippen molar-refractivity contribution in [3.63, 3.8) is 0 Å². The summed E-state index contributed by atoms with van der Waals surface area (Å²) in [5, 5.41) is 1.51. The first-order chi connectivity index (χ1) is 14.3. The normalized spacial score (nSPS) is 18.5. The van der Waals surface area contributed by atoms with Gasteiger partial charge in [0.25, 0.3) is 5.91 Å². The highest BCUT2D eigenvalue weighted by molar-refractivity contribution is 5.87. The SMILES string of the molecule is O=C1[C@@H](OCc2ccccc2)[C@@H](CCc2ccccc2)N1OCc1ccccc1. The molecule has 0 aromatic heterocycles. The third-order valence-electron chi connectivity index (χ3n) is 5.17. The zero-order valence-electron chi connectivity index (χ0n) is 16.3. The number of nitrogens with zero attached hydrogens (tertiary/aromatic N) is 1. The fourth-order valence-corrected chi connectivity index (χ4v) is 3.54. The number of benzene rings is 3. The Labute approximate surface area is 171 Å². The molecule has 0 radical (unpaired) electrons. The Morgan fingerprint density at radius 2 is 1.21 bits per heavy atom. The van der Waals surface area contributed by atoms with Gasteiger partial charge in [-0.2, -0.15) is 0 Å². The van der Waals surface area contributed by atoms with Gasteiger partial charge in [0.2, 0.25) is 0 Å². The van der Waals surface area contributed by atoms with Crippen LogP contribution in [0.15, 0.2) is 91.0 Å². The molecule has 1 amide bonds. The van der Waals surface area contributed by atoms with E-state index in [1.54, 1.807) is 0 Å². The van der Waals surface area contributed by atoms with Gasteiger partial charge in [0, 0.05) is 0 Å². The molecule has 4 rings (SSSR count). The van der Waals surface area contributed by atoms with Gasteiger partial charge in [-0.1, -0.05) is 91.0 Å². The largest absolute Gasteiger partial charge is 0.361 e. The molecule has 1 aliphatic rings. The maximum absolute atomic E-state index is 12.7. The number of amides is 1. The summed E-state index contributed by atoms with van der Waals surface area (Å²) in [6.07, 6.45) is 1.20. The van der Waals surface area contributed by atoms with E-state index >= 15 is 0 Å². The quantitative estimate of drug-likeness (QED) is 0.506. The van der Waals surface area contributed by atoms with Crippen LogP contribution in [-0.2, 0) is 34.0 Å². The van der Waals surface area contributed by atoms with Crippen molar-refractivity contribution in [3.8, 4) is 0 Å². The third-order valence-corrected chi connectivity index (χ3v) is 5.17. The van der Waals surface area contributed by atoms with Crippen LogP contribution in [0.4, 0.5) is 0 Å². The number of hydrogen-bond donors (Lipinski definition) is 0. The molecule has 3 aromatic rings. The van der Waals surface area contributed by atoms with E-state index in [-0.39, 0.29) is 11.9 Å². The summed E-state index contributed by atoms with van der Waals surface area (Å²) in [6, 6.07) is 30.0. The highest BCUT2D eigenvalue weighted by Gasteiger charge is 2.49. The number of β-lactam (4-membered cyclic amide) rings is 1. The molecule has 0 unspecified atom stereocenters. The summed E-state index contributed by atoms with van der Waals surface area (Å²) in [5.74, 6) is -0.102. The molecule has 0 saturated carbocycles. The van der Waals surface area contributed by atoms with Crippen LogP contribution in [0, 0.1) is 0 Å². The highest BCUT2D eigenvalue weighted by atomic mass is 16.7. The molecule has 1 saturated heterocycles. The van der Waals surface area contributed by atoms with Crippen LogP contribution in [0.5, 0.6) is 0 Å². The second-order valence-electron chi connectivity index (χ2n) is 7.23. The minimum Gasteiger partial charge on any atom is -0.361 e. The Hall–Kier alpha value is -2.95. The van der Waals surface area contributed by atoms with Crippen molar-refractivity contribution >= 4 is 5.91 Å². The second kappa shape index (κ2) is 9.50. The van der Waals surface area contributed by atoms with Gasteiger partial charge in [-0.05, 0) is 29.5 Å². The average molecular weight is 387 g/mol. The van der Waals surface area contributed by atoms with E-state index in [4.69, 9.17) is 9.57 Å².